The van der Waals surface area contributed by atoms with E-state index in [2.05, 4.69) is 19.9 Å². The summed E-state index contributed by atoms with van der Waals surface area (Å²) in [5.41, 5.74) is -3.46. The second-order valence-corrected chi connectivity index (χ2v) is 7.01. The van der Waals surface area contributed by atoms with Gasteiger partial charge in [-0.05, 0) is 19.4 Å². The number of thiophene rings is 1. The van der Waals surface area contributed by atoms with Crippen molar-refractivity contribution in [2.45, 2.75) is 26.6 Å². The molecule has 2 heterocycles. The van der Waals surface area contributed by atoms with Crippen molar-refractivity contribution >= 4 is 39.9 Å². The Balaban J connectivity index is 2.41. The number of ether oxygens (including phenoxy) is 2. The molecule has 0 radical (unpaired) electrons. The Morgan fingerprint density at radius 3 is 2.23 bits per heavy atom. The minimum Gasteiger partial charge on any atom is -0.465 e. The summed E-state index contributed by atoms with van der Waals surface area (Å²) in [5, 5.41) is 16.4. The lowest BCUT2D eigenvalue weighted by Crippen LogP contribution is -2.21. The molecule has 168 valence electrons. The zero-order chi connectivity index (χ0) is 23.7. The number of anilines is 1. The van der Waals surface area contributed by atoms with Crippen LogP contribution in [0.1, 0.15) is 37.0 Å². The lowest BCUT2D eigenvalue weighted by molar-refractivity contribution is -0.388. The molecule has 0 aliphatic heterocycles. The van der Waals surface area contributed by atoms with Gasteiger partial charge < -0.3 is 14.8 Å². The maximum atomic E-state index is 13.0. The van der Waals surface area contributed by atoms with E-state index in [0.29, 0.717) is 16.0 Å². The monoisotopic (exact) mass is 464 g/mol. The number of carbonyl (C=O) groups is 3. The van der Waals surface area contributed by atoms with Crippen molar-refractivity contribution in [1.29, 1.82) is 0 Å². The number of hydrogen-bond acceptors (Lipinski definition) is 9. The number of esters is 2. The maximum Gasteiger partial charge on any atom is 0.442 e. The summed E-state index contributed by atoms with van der Waals surface area (Å²) in [6.07, 6.45) is -5.10. The average molecular weight is 464 g/mol. The van der Waals surface area contributed by atoms with Gasteiger partial charge in [-0.2, -0.15) is 18.3 Å². The molecular weight excluding hydrogens is 449 g/mol. The fraction of sp³-hybridized carbons (Fsp3) is 0.375. The van der Waals surface area contributed by atoms with Crippen LogP contribution in [0.5, 0.6) is 0 Å². The number of rotatable bonds is 6. The molecule has 0 bridgehead atoms. The molecule has 11 nitrogen and oxygen atoms in total. The Labute approximate surface area is 175 Å². The van der Waals surface area contributed by atoms with Gasteiger partial charge in [0.15, 0.2) is 0 Å². The number of halogens is 3. The first-order chi connectivity index (χ1) is 14.3. The van der Waals surface area contributed by atoms with Crippen LogP contribution in [-0.4, -0.2) is 46.8 Å². The van der Waals surface area contributed by atoms with Gasteiger partial charge in [0.25, 0.3) is 0 Å². The topological polar surface area (TPSA) is 143 Å². The molecule has 0 saturated carbocycles. The maximum absolute atomic E-state index is 13.0. The third-order valence-electron chi connectivity index (χ3n) is 4.08. The summed E-state index contributed by atoms with van der Waals surface area (Å²) < 4.78 is 48.9. The van der Waals surface area contributed by atoms with Crippen molar-refractivity contribution in [3.05, 3.63) is 37.5 Å². The third kappa shape index (κ3) is 4.65. The van der Waals surface area contributed by atoms with Crippen LogP contribution in [0.3, 0.4) is 0 Å². The van der Waals surface area contributed by atoms with Crippen molar-refractivity contribution in [3.8, 4) is 0 Å². The van der Waals surface area contributed by atoms with Gasteiger partial charge in [0.05, 0.1) is 24.7 Å². The molecule has 0 spiro atoms. The summed E-state index contributed by atoms with van der Waals surface area (Å²) in [6.45, 7) is 1.60. The molecule has 0 aliphatic rings. The average Bonchev–Trinajstić information content (AvgIpc) is 3.17. The van der Waals surface area contributed by atoms with Gasteiger partial charge in [0.1, 0.15) is 22.1 Å². The number of nitrogens with zero attached hydrogens (tertiary/aromatic N) is 3. The molecule has 0 unspecified atom stereocenters. The van der Waals surface area contributed by atoms with Gasteiger partial charge in [0, 0.05) is 0 Å². The highest BCUT2D eigenvalue weighted by molar-refractivity contribution is 7.18. The number of carbonyl (C=O) groups excluding carboxylic acids is 3. The van der Waals surface area contributed by atoms with Crippen molar-refractivity contribution in [3.63, 3.8) is 0 Å². The Bertz CT molecular complexity index is 1070. The van der Waals surface area contributed by atoms with Gasteiger partial charge in [-0.25, -0.2) is 9.59 Å². The van der Waals surface area contributed by atoms with E-state index in [0.717, 1.165) is 21.1 Å². The lowest BCUT2D eigenvalue weighted by atomic mass is 10.1. The molecular formula is C16H15F3N4O7S. The van der Waals surface area contributed by atoms with Gasteiger partial charge >= 0.3 is 23.8 Å². The first kappa shape index (κ1) is 23.8. The molecule has 1 amide bonds. The molecule has 15 heteroatoms. The smallest absolute Gasteiger partial charge is 0.442 e. The van der Waals surface area contributed by atoms with Gasteiger partial charge in [-0.3, -0.25) is 19.6 Å². The number of amides is 1. The normalized spacial score (nSPS) is 11.2. The van der Waals surface area contributed by atoms with Crippen molar-refractivity contribution in [2.75, 3.05) is 19.5 Å². The molecule has 0 aliphatic carbocycles. The number of alkyl halides is 3. The number of methoxy groups -OCH3 is 2. The van der Waals surface area contributed by atoms with E-state index in [1.165, 1.54) is 6.92 Å². The minimum atomic E-state index is -5.10. The standard InChI is InChI=1S/C16H15F3N4O7S/c1-6-9(14(25)29-3)13(31-11(6)15(26)30-4)20-8(24)5-22-7(2)10(23(27)28)12(21-22)16(17,18)19/h5H2,1-4H3,(H,20,24). The second kappa shape index (κ2) is 8.71. The predicted octanol–water partition coefficient (Wildman–Crippen LogP) is 2.70. The number of nitrogens with one attached hydrogen (secondary N) is 1. The molecule has 0 aromatic carbocycles. The highest BCUT2D eigenvalue weighted by Gasteiger charge is 2.44. The molecule has 0 fully saturated rings. The molecule has 2 aromatic rings. The molecule has 31 heavy (non-hydrogen) atoms. The van der Waals surface area contributed by atoms with Crippen LogP contribution in [0.15, 0.2) is 0 Å². The molecule has 2 rings (SSSR count). The number of aromatic nitrogens is 2. The largest absolute Gasteiger partial charge is 0.465 e. The Morgan fingerprint density at radius 2 is 1.77 bits per heavy atom. The Kier molecular flexibility index (Phi) is 6.68. The molecule has 0 atom stereocenters. The fourth-order valence-electron chi connectivity index (χ4n) is 2.64. The summed E-state index contributed by atoms with van der Waals surface area (Å²) >= 11 is 0.698. The van der Waals surface area contributed by atoms with Crippen LogP contribution in [-0.2, 0) is 27.0 Å². The van der Waals surface area contributed by atoms with Gasteiger partial charge in [0.2, 0.25) is 11.6 Å². The van der Waals surface area contributed by atoms with E-state index in [9.17, 15) is 37.7 Å². The fourth-order valence-corrected chi connectivity index (χ4v) is 3.77. The minimum absolute atomic E-state index is 0.00321. The van der Waals surface area contributed by atoms with Crippen LogP contribution >= 0.6 is 11.3 Å². The number of nitro groups is 1. The quantitative estimate of drug-likeness (QED) is 0.391. The number of hydrogen-bond donors (Lipinski definition) is 1. The van der Waals surface area contributed by atoms with E-state index in [-0.39, 0.29) is 21.0 Å². The molecule has 0 saturated heterocycles. The van der Waals surface area contributed by atoms with Gasteiger partial charge in [-0.15, -0.1) is 11.3 Å². The van der Waals surface area contributed by atoms with Crippen LogP contribution in [0.25, 0.3) is 0 Å². The van der Waals surface area contributed by atoms with Crippen molar-refractivity contribution < 1.29 is 42.0 Å². The summed E-state index contributed by atoms with van der Waals surface area (Å²) in [7, 11) is 2.19. The SMILES string of the molecule is COC(=O)c1sc(NC(=O)Cn2nc(C(F)(F)F)c([N+](=O)[O-])c2C)c(C(=O)OC)c1C. The molecule has 2 aromatic heterocycles. The van der Waals surface area contributed by atoms with E-state index < -0.39 is 52.6 Å². The van der Waals surface area contributed by atoms with E-state index >= 15 is 0 Å². The lowest BCUT2D eigenvalue weighted by Gasteiger charge is -2.07. The first-order valence-electron chi connectivity index (χ1n) is 8.22. The first-order valence-corrected chi connectivity index (χ1v) is 9.03. The summed E-state index contributed by atoms with van der Waals surface area (Å²) in [5.74, 6) is -2.59. The summed E-state index contributed by atoms with van der Waals surface area (Å²) in [4.78, 5) is 46.1. The third-order valence-corrected chi connectivity index (χ3v) is 5.27. The highest BCUT2D eigenvalue weighted by atomic mass is 32.1. The van der Waals surface area contributed by atoms with Crippen LogP contribution in [0.4, 0.5) is 23.9 Å². The zero-order valence-electron chi connectivity index (χ0n) is 16.4. The van der Waals surface area contributed by atoms with E-state index in [1.807, 2.05) is 0 Å². The highest BCUT2D eigenvalue weighted by Crippen LogP contribution is 2.37. The van der Waals surface area contributed by atoms with Crippen LogP contribution in [0.2, 0.25) is 0 Å². The Hall–Kier alpha value is -3.49. The zero-order valence-corrected chi connectivity index (χ0v) is 17.3. The van der Waals surface area contributed by atoms with Crippen molar-refractivity contribution in [1.82, 2.24) is 9.78 Å². The predicted molar refractivity (Wildman–Crippen MR) is 99.0 cm³/mol. The van der Waals surface area contributed by atoms with Crippen LogP contribution in [0, 0.1) is 24.0 Å². The summed E-state index contributed by atoms with van der Waals surface area (Å²) in [6, 6.07) is 0. The molecule has 1 N–H and O–H groups in total. The van der Waals surface area contributed by atoms with Crippen LogP contribution < -0.4 is 5.32 Å². The van der Waals surface area contributed by atoms with E-state index in [1.54, 1.807) is 0 Å². The van der Waals surface area contributed by atoms with Crippen molar-refractivity contribution in [2.24, 2.45) is 0 Å². The van der Waals surface area contributed by atoms with Gasteiger partial charge in [-0.1, -0.05) is 0 Å². The Morgan fingerprint density at radius 1 is 1.19 bits per heavy atom. The van der Waals surface area contributed by atoms with E-state index in [4.69, 9.17) is 0 Å². The second-order valence-electron chi connectivity index (χ2n) is 5.99.